The second-order valence-corrected chi connectivity index (χ2v) is 5.26. The predicted molar refractivity (Wildman–Crippen MR) is 81.0 cm³/mol. The van der Waals surface area contributed by atoms with Gasteiger partial charge in [-0.2, -0.15) is 0 Å². The number of carbonyl (C=O) groups is 2. The molecule has 2 heterocycles. The van der Waals surface area contributed by atoms with Crippen molar-refractivity contribution in [3.8, 4) is 0 Å². The zero-order valence-electron chi connectivity index (χ0n) is 12.0. The topological polar surface area (TPSA) is 63.9 Å². The number of likely N-dealkylation sites (N-methyl/N-ethyl adjacent to an activating group) is 1. The fourth-order valence-electron chi connectivity index (χ4n) is 1.75. The van der Waals surface area contributed by atoms with E-state index in [9.17, 15) is 9.59 Å². The number of aromatic nitrogens is 2. The summed E-state index contributed by atoms with van der Waals surface area (Å²) in [5.74, 6) is -0.457. The summed E-state index contributed by atoms with van der Waals surface area (Å²) in [5, 5.41) is 1.94. The molecule has 21 heavy (non-hydrogen) atoms. The first-order valence-electron chi connectivity index (χ1n) is 6.61. The number of esters is 1. The maximum absolute atomic E-state index is 11.9. The highest BCUT2D eigenvalue weighted by Crippen LogP contribution is 2.13. The lowest BCUT2D eigenvalue weighted by molar-refractivity contribution is -0.143. The largest absolute Gasteiger partial charge is 0.466 e. The van der Waals surface area contributed by atoms with E-state index in [-0.39, 0.29) is 18.3 Å². The molecule has 7 heteroatoms. The number of hydrogen-bond acceptors (Lipinski definition) is 5. The molecule has 0 radical (unpaired) electrons. The molecule has 2 aromatic heterocycles. The molecule has 6 nitrogen and oxygen atoms in total. The fraction of sp³-hybridized carbons (Fsp3) is 0.357. The minimum atomic E-state index is -0.295. The Hall–Kier alpha value is -2.15. The summed E-state index contributed by atoms with van der Waals surface area (Å²) in [5.41, 5.74) is 0.846. The van der Waals surface area contributed by atoms with Crippen molar-refractivity contribution < 1.29 is 14.3 Å². The summed E-state index contributed by atoms with van der Waals surface area (Å²) in [4.78, 5) is 29.8. The highest BCUT2D eigenvalue weighted by Gasteiger charge is 2.09. The number of rotatable bonds is 6. The zero-order valence-corrected chi connectivity index (χ0v) is 12.8. The molecule has 0 saturated carbocycles. The third-order valence-electron chi connectivity index (χ3n) is 2.90. The molecule has 0 saturated heterocycles. The van der Waals surface area contributed by atoms with E-state index in [4.69, 9.17) is 4.74 Å². The van der Waals surface area contributed by atoms with Crippen LogP contribution in [-0.2, 0) is 14.3 Å². The van der Waals surface area contributed by atoms with Gasteiger partial charge in [-0.3, -0.25) is 14.0 Å². The van der Waals surface area contributed by atoms with E-state index < -0.39 is 0 Å². The third kappa shape index (κ3) is 3.91. The minimum Gasteiger partial charge on any atom is -0.466 e. The van der Waals surface area contributed by atoms with Crippen molar-refractivity contribution in [2.75, 3.05) is 20.2 Å². The molecule has 0 unspecified atom stereocenters. The molecule has 0 spiro atoms. The molecule has 0 N–H and O–H groups in total. The van der Waals surface area contributed by atoms with E-state index in [1.54, 1.807) is 26.2 Å². The summed E-state index contributed by atoms with van der Waals surface area (Å²) < 4.78 is 6.73. The Balaban J connectivity index is 1.90. The molecule has 2 rings (SSSR count). The summed E-state index contributed by atoms with van der Waals surface area (Å²) in [6, 6.07) is 0. The maximum atomic E-state index is 11.9. The monoisotopic (exact) mass is 307 g/mol. The first kappa shape index (κ1) is 15.2. The van der Waals surface area contributed by atoms with Gasteiger partial charge in [0.2, 0.25) is 5.91 Å². The van der Waals surface area contributed by atoms with Crippen LogP contribution >= 0.6 is 11.3 Å². The number of nitrogens with zero attached hydrogens (tertiary/aromatic N) is 3. The van der Waals surface area contributed by atoms with Gasteiger partial charge in [0.05, 0.1) is 24.9 Å². The Labute approximate surface area is 126 Å². The van der Waals surface area contributed by atoms with Crippen LogP contribution in [0.25, 0.3) is 11.0 Å². The van der Waals surface area contributed by atoms with E-state index >= 15 is 0 Å². The van der Waals surface area contributed by atoms with Crippen LogP contribution in [0.1, 0.15) is 19.0 Å². The van der Waals surface area contributed by atoms with Gasteiger partial charge >= 0.3 is 5.97 Å². The van der Waals surface area contributed by atoms with E-state index in [1.165, 1.54) is 22.3 Å². The molecule has 1 amide bonds. The van der Waals surface area contributed by atoms with Crippen LogP contribution in [0.15, 0.2) is 23.8 Å². The van der Waals surface area contributed by atoms with Crippen LogP contribution in [0.5, 0.6) is 0 Å². The number of thiazole rings is 1. The van der Waals surface area contributed by atoms with Crippen molar-refractivity contribution in [3.05, 3.63) is 29.5 Å². The van der Waals surface area contributed by atoms with Gasteiger partial charge in [0.15, 0.2) is 4.96 Å². The van der Waals surface area contributed by atoms with Crippen molar-refractivity contribution in [3.63, 3.8) is 0 Å². The number of hydrogen-bond donors (Lipinski definition) is 0. The fourth-order valence-corrected chi connectivity index (χ4v) is 2.45. The SMILES string of the molecule is CCOC(=O)CCN(C)C(=O)/C=C/c1cnc2sccn12. The average molecular weight is 307 g/mol. The van der Waals surface area contributed by atoms with Crippen LogP contribution in [0.4, 0.5) is 0 Å². The molecule has 0 atom stereocenters. The molecule has 0 aromatic carbocycles. The zero-order chi connectivity index (χ0) is 15.2. The Bertz CT molecular complexity index is 659. The number of imidazole rings is 1. The molecule has 0 aliphatic rings. The van der Waals surface area contributed by atoms with Crippen molar-refractivity contribution in [1.82, 2.24) is 14.3 Å². The van der Waals surface area contributed by atoms with E-state index in [1.807, 2.05) is 16.0 Å². The summed E-state index contributed by atoms with van der Waals surface area (Å²) in [7, 11) is 1.66. The highest BCUT2D eigenvalue weighted by atomic mass is 32.1. The van der Waals surface area contributed by atoms with Crippen molar-refractivity contribution in [2.24, 2.45) is 0 Å². The average Bonchev–Trinajstić information content (AvgIpc) is 3.06. The predicted octanol–water partition coefficient (Wildman–Crippen LogP) is 1.82. The normalized spacial score (nSPS) is 11.1. The lowest BCUT2D eigenvalue weighted by atomic mass is 10.3. The van der Waals surface area contributed by atoms with Crippen LogP contribution in [-0.4, -0.2) is 46.4 Å². The Morgan fingerprint density at radius 3 is 3.10 bits per heavy atom. The summed E-state index contributed by atoms with van der Waals surface area (Å²) in [6.45, 7) is 2.45. The van der Waals surface area contributed by atoms with Gasteiger partial charge in [-0.05, 0) is 13.0 Å². The van der Waals surface area contributed by atoms with Crippen molar-refractivity contribution in [1.29, 1.82) is 0 Å². The molecular weight excluding hydrogens is 290 g/mol. The molecule has 0 bridgehead atoms. The number of ether oxygens (including phenoxy) is 1. The lowest BCUT2D eigenvalue weighted by Gasteiger charge is -2.14. The van der Waals surface area contributed by atoms with Gasteiger partial charge in [0.1, 0.15) is 0 Å². The van der Waals surface area contributed by atoms with Crippen LogP contribution in [0.2, 0.25) is 0 Å². The maximum Gasteiger partial charge on any atom is 0.307 e. The first-order valence-corrected chi connectivity index (χ1v) is 7.49. The van der Waals surface area contributed by atoms with Gasteiger partial charge in [0, 0.05) is 31.2 Å². The number of carbonyl (C=O) groups excluding carboxylic acids is 2. The van der Waals surface area contributed by atoms with Crippen molar-refractivity contribution in [2.45, 2.75) is 13.3 Å². The van der Waals surface area contributed by atoms with Crippen LogP contribution in [0.3, 0.4) is 0 Å². The Morgan fingerprint density at radius 1 is 1.52 bits per heavy atom. The van der Waals surface area contributed by atoms with Crippen LogP contribution < -0.4 is 0 Å². The van der Waals surface area contributed by atoms with Crippen molar-refractivity contribution >= 4 is 34.3 Å². The Kier molecular flexibility index (Phi) is 5.10. The van der Waals surface area contributed by atoms with Crippen LogP contribution in [0, 0.1) is 0 Å². The van der Waals surface area contributed by atoms with E-state index in [0.717, 1.165) is 10.7 Å². The molecule has 0 aliphatic heterocycles. The minimum absolute atomic E-state index is 0.163. The van der Waals surface area contributed by atoms with Gasteiger partial charge in [0.25, 0.3) is 0 Å². The number of fused-ring (bicyclic) bond motifs is 1. The van der Waals surface area contributed by atoms with E-state index in [2.05, 4.69) is 4.98 Å². The van der Waals surface area contributed by atoms with Gasteiger partial charge in [-0.25, -0.2) is 4.98 Å². The van der Waals surface area contributed by atoms with Gasteiger partial charge < -0.3 is 9.64 Å². The second-order valence-electron chi connectivity index (χ2n) is 4.39. The van der Waals surface area contributed by atoms with Gasteiger partial charge in [-0.15, -0.1) is 11.3 Å². The lowest BCUT2D eigenvalue weighted by Crippen LogP contribution is -2.27. The summed E-state index contributed by atoms with van der Waals surface area (Å²) >= 11 is 1.54. The number of amides is 1. The quantitative estimate of drug-likeness (QED) is 0.603. The second kappa shape index (κ2) is 7.03. The smallest absolute Gasteiger partial charge is 0.307 e. The Morgan fingerprint density at radius 2 is 2.33 bits per heavy atom. The third-order valence-corrected chi connectivity index (χ3v) is 3.68. The highest BCUT2D eigenvalue weighted by molar-refractivity contribution is 7.15. The first-order chi connectivity index (χ1) is 10.1. The molecule has 0 fully saturated rings. The van der Waals surface area contributed by atoms with Gasteiger partial charge in [-0.1, -0.05) is 0 Å². The molecular formula is C14H17N3O3S. The molecule has 112 valence electrons. The van der Waals surface area contributed by atoms with E-state index in [0.29, 0.717) is 13.2 Å². The standard InChI is InChI=1S/C14H17N3O3S/c1-3-20-13(19)6-7-16(2)12(18)5-4-11-10-15-14-17(11)8-9-21-14/h4-5,8-10H,3,6-7H2,1-2H3/b5-4+. The summed E-state index contributed by atoms with van der Waals surface area (Å²) in [6.07, 6.45) is 7.02. The molecule has 2 aromatic rings. The molecule has 0 aliphatic carbocycles.